The maximum atomic E-state index is 12.9. The molecule has 0 fully saturated rings. The van der Waals surface area contributed by atoms with Crippen molar-refractivity contribution in [3.05, 3.63) is 88.2 Å². The predicted molar refractivity (Wildman–Crippen MR) is 126 cm³/mol. The Morgan fingerprint density at radius 3 is 2.65 bits per heavy atom. The van der Waals surface area contributed by atoms with E-state index < -0.39 is 0 Å². The Hall–Kier alpha value is -3.29. The first kappa shape index (κ1) is 19.7. The monoisotopic (exact) mass is 445 g/mol. The average molecular weight is 446 g/mol. The van der Waals surface area contributed by atoms with E-state index in [1.54, 1.807) is 46.9 Å². The van der Waals surface area contributed by atoms with Crippen LogP contribution in [-0.2, 0) is 17.6 Å². The van der Waals surface area contributed by atoms with Crippen LogP contribution in [0.4, 0.5) is 11.4 Å². The van der Waals surface area contributed by atoms with Crippen LogP contribution in [0.1, 0.15) is 21.6 Å². The van der Waals surface area contributed by atoms with Gasteiger partial charge in [-0.25, -0.2) is 4.98 Å². The molecule has 0 unspecified atom stereocenters. The lowest BCUT2D eigenvalue weighted by Gasteiger charge is -2.17. The van der Waals surface area contributed by atoms with Crippen LogP contribution in [0.2, 0.25) is 0 Å². The fraction of sp³-hybridized carbons (Fsp3) is 0.125. The van der Waals surface area contributed by atoms with E-state index in [0.717, 1.165) is 27.7 Å². The molecule has 2 aromatic carbocycles. The van der Waals surface area contributed by atoms with Crippen LogP contribution in [-0.4, -0.2) is 23.3 Å². The second-order valence-electron chi connectivity index (χ2n) is 7.26. The number of hydrogen-bond donors (Lipinski definition) is 1. The lowest BCUT2D eigenvalue weighted by atomic mass is 10.1. The zero-order valence-corrected chi connectivity index (χ0v) is 18.2. The highest BCUT2D eigenvalue weighted by atomic mass is 32.1. The van der Waals surface area contributed by atoms with E-state index in [1.807, 2.05) is 46.0 Å². The molecule has 1 aliphatic heterocycles. The molecule has 5 nitrogen and oxygen atoms in total. The fourth-order valence-electron chi connectivity index (χ4n) is 3.67. The fourth-order valence-corrected chi connectivity index (χ4v) is 5.31. The van der Waals surface area contributed by atoms with Crippen molar-refractivity contribution in [2.45, 2.75) is 12.8 Å². The van der Waals surface area contributed by atoms with Gasteiger partial charge >= 0.3 is 0 Å². The van der Waals surface area contributed by atoms with Crippen molar-refractivity contribution in [2.75, 3.05) is 16.8 Å². The lowest BCUT2D eigenvalue weighted by Crippen LogP contribution is -2.28. The van der Waals surface area contributed by atoms with Gasteiger partial charge in [-0.05, 0) is 53.8 Å². The third kappa shape index (κ3) is 4.15. The molecule has 154 valence electrons. The molecule has 0 radical (unpaired) electrons. The van der Waals surface area contributed by atoms with Crippen LogP contribution in [0.5, 0.6) is 0 Å². The number of carbonyl (C=O) groups excluding carboxylic acids is 2. The van der Waals surface area contributed by atoms with E-state index in [4.69, 9.17) is 0 Å². The molecular formula is C24H19N3O2S2. The molecule has 2 amide bonds. The standard InChI is InChI=1S/C24H19N3O2S2/c28-22(14-19-15-31-23(26-19)21-6-3-13-30-21)25-18-9-7-17(8-10-18)24(29)27-12-11-16-4-1-2-5-20(16)27/h1-10,13,15H,11-12,14H2,(H,25,28). The summed E-state index contributed by atoms with van der Waals surface area (Å²) >= 11 is 3.18. The Morgan fingerprint density at radius 1 is 1.00 bits per heavy atom. The number of benzene rings is 2. The number of thiophene rings is 1. The first-order valence-corrected chi connectivity index (χ1v) is 11.7. The lowest BCUT2D eigenvalue weighted by molar-refractivity contribution is -0.115. The molecule has 1 aliphatic rings. The van der Waals surface area contributed by atoms with Gasteiger partial charge in [0.25, 0.3) is 5.91 Å². The van der Waals surface area contributed by atoms with E-state index >= 15 is 0 Å². The average Bonchev–Trinajstić information content (AvgIpc) is 3.54. The Balaban J connectivity index is 1.21. The molecule has 0 atom stereocenters. The van der Waals surface area contributed by atoms with Gasteiger partial charge in [-0.2, -0.15) is 0 Å². The van der Waals surface area contributed by atoms with Gasteiger partial charge in [0, 0.05) is 28.9 Å². The van der Waals surface area contributed by atoms with E-state index in [0.29, 0.717) is 17.8 Å². The Bertz CT molecular complexity index is 1230. The van der Waals surface area contributed by atoms with Crippen LogP contribution in [0.25, 0.3) is 9.88 Å². The van der Waals surface area contributed by atoms with Gasteiger partial charge in [-0.15, -0.1) is 22.7 Å². The SMILES string of the molecule is O=C(Cc1csc(-c2cccs2)n1)Nc1ccc(C(=O)N2CCc3ccccc32)cc1. The van der Waals surface area contributed by atoms with E-state index in [-0.39, 0.29) is 18.2 Å². The number of anilines is 2. The highest BCUT2D eigenvalue weighted by Crippen LogP contribution is 2.29. The first-order valence-electron chi connectivity index (χ1n) is 9.95. The molecular weight excluding hydrogens is 426 g/mol. The highest BCUT2D eigenvalue weighted by Gasteiger charge is 2.25. The van der Waals surface area contributed by atoms with Crippen molar-refractivity contribution < 1.29 is 9.59 Å². The van der Waals surface area contributed by atoms with E-state index in [1.165, 1.54) is 5.56 Å². The smallest absolute Gasteiger partial charge is 0.258 e. The van der Waals surface area contributed by atoms with Crippen molar-refractivity contribution in [3.8, 4) is 9.88 Å². The van der Waals surface area contributed by atoms with Gasteiger partial charge in [0.2, 0.25) is 5.91 Å². The number of nitrogens with one attached hydrogen (secondary N) is 1. The topological polar surface area (TPSA) is 62.3 Å². The number of para-hydroxylation sites is 1. The van der Waals surface area contributed by atoms with Crippen LogP contribution >= 0.6 is 22.7 Å². The van der Waals surface area contributed by atoms with E-state index in [9.17, 15) is 9.59 Å². The minimum absolute atomic E-state index is 0.0218. The van der Waals surface area contributed by atoms with Crippen molar-refractivity contribution in [3.63, 3.8) is 0 Å². The molecule has 1 N–H and O–H groups in total. The van der Waals surface area contributed by atoms with Gasteiger partial charge in [0.15, 0.2) is 0 Å². The molecule has 0 saturated carbocycles. The summed E-state index contributed by atoms with van der Waals surface area (Å²) in [4.78, 5) is 32.8. The number of fused-ring (bicyclic) bond motifs is 1. The Labute approximate surface area is 188 Å². The maximum absolute atomic E-state index is 12.9. The molecule has 0 saturated heterocycles. The number of hydrogen-bond acceptors (Lipinski definition) is 5. The minimum Gasteiger partial charge on any atom is -0.326 e. The summed E-state index contributed by atoms with van der Waals surface area (Å²) < 4.78 is 0. The number of amides is 2. The van der Waals surface area contributed by atoms with Gasteiger partial charge in [0.05, 0.1) is 17.0 Å². The van der Waals surface area contributed by atoms with Crippen LogP contribution < -0.4 is 10.2 Å². The van der Waals surface area contributed by atoms with Crippen LogP contribution in [0, 0.1) is 0 Å². The Kier molecular flexibility index (Phi) is 5.36. The summed E-state index contributed by atoms with van der Waals surface area (Å²) in [6.45, 7) is 0.692. The number of aromatic nitrogens is 1. The summed E-state index contributed by atoms with van der Waals surface area (Å²) in [5.41, 5.74) is 4.20. The molecule has 2 aromatic heterocycles. The summed E-state index contributed by atoms with van der Waals surface area (Å²) in [6, 6.07) is 19.1. The van der Waals surface area contributed by atoms with E-state index in [2.05, 4.69) is 16.4 Å². The molecule has 5 rings (SSSR count). The molecule has 0 bridgehead atoms. The van der Waals surface area contributed by atoms with Gasteiger partial charge in [0.1, 0.15) is 5.01 Å². The quantitative estimate of drug-likeness (QED) is 0.456. The van der Waals surface area contributed by atoms with Gasteiger partial charge in [-0.1, -0.05) is 24.3 Å². The predicted octanol–water partition coefficient (Wildman–Crippen LogP) is 5.26. The molecule has 0 aliphatic carbocycles. The van der Waals surface area contributed by atoms with Crippen molar-refractivity contribution in [2.24, 2.45) is 0 Å². The number of rotatable bonds is 5. The number of nitrogens with zero attached hydrogens (tertiary/aromatic N) is 2. The third-order valence-corrected chi connectivity index (χ3v) is 7.10. The third-order valence-electron chi connectivity index (χ3n) is 5.17. The normalized spacial score (nSPS) is 12.6. The zero-order valence-electron chi connectivity index (χ0n) is 16.6. The Morgan fingerprint density at radius 2 is 1.84 bits per heavy atom. The van der Waals surface area contributed by atoms with Crippen molar-refractivity contribution in [1.82, 2.24) is 4.98 Å². The molecule has 3 heterocycles. The van der Waals surface area contributed by atoms with Crippen molar-refractivity contribution in [1.29, 1.82) is 0 Å². The second kappa shape index (κ2) is 8.45. The maximum Gasteiger partial charge on any atom is 0.258 e. The zero-order chi connectivity index (χ0) is 21.2. The highest BCUT2D eigenvalue weighted by molar-refractivity contribution is 7.20. The minimum atomic E-state index is -0.129. The first-order chi connectivity index (χ1) is 15.2. The largest absolute Gasteiger partial charge is 0.326 e. The molecule has 7 heteroatoms. The number of carbonyl (C=O) groups is 2. The van der Waals surface area contributed by atoms with Crippen molar-refractivity contribution >= 4 is 45.9 Å². The van der Waals surface area contributed by atoms with Crippen LogP contribution in [0.15, 0.2) is 71.4 Å². The van der Waals surface area contributed by atoms with Gasteiger partial charge < -0.3 is 10.2 Å². The van der Waals surface area contributed by atoms with Gasteiger partial charge in [-0.3, -0.25) is 9.59 Å². The summed E-state index contributed by atoms with van der Waals surface area (Å²) in [7, 11) is 0. The summed E-state index contributed by atoms with van der Waals surface area (Å²) in [5, 5.41) is 7.76. The molecule has 0 spiro atoms. The summed E-state index contributed by atoms with van der Waals surface area (Å²) in [6.07, 6.45) is 1.09. The molecule has 4 aromatic rings. The summed E-state index contributed by atoms with van der Waals surface area (Å²) in [5.74, 6) is -0.151. The second-order valence-corrected chi connectivity index (χ2v) is 9.06. The molecule has 31 heavy (non-hydrogen) atoms. The van der Waals surface area contributed by atoms with Crippen LogP contribution in [0.3, 0.4) is 0 Å². The number of thiazole rings is 1.